The zero-order valence-electron chi connectivity index (χ0n) is 10.9. The number of aromatic nitrogens is 1. The molecule has 0 N–H and O–H groups in total. The number of pyridine rings is 1. The van der Waals surface area contributed by atoms with Crippen LogP contribution in [0.2, 0.25) is 25.1 Å². The van der Waals surface area contributed by atoms with Gasteiger partial charge in [-0.15, -0.1) is 0 Å². The fraction of sp³-hybridized carbons (Fsp3) is 0.0833. The zero-order chi connectivity index (χ0) is 18.4. The van der Waals surface area contributed by atoms with E-state index in [1.165, 1.54) is 0 Å². The molecule has 0 spiro atoms. The van der Waals surface area contributed by atoms with Crippen molar-refractivity contribution in [1.82, 2.24) is 4.98 Å². The van der Waals surface area contributed by atoms with E-state index in [9.17, 15) is 23.3 Å². The number of hydrogen-bond acceptors (Lipinski definition) is 3. The maximum absolute atomic E-state index is 12.7. The van der Waals surface area contributed by atoms with Gasteiger partial charge in [0.15, 0.2) is 5.69 Å². The van der Waals surface area contributed by atoms with Crippen molar-refractivity contribution in [3.05, 3.63) is 53.1 Å². The highest BCUT2D eigenvalue weighted by atomic mass is 35.5. The molecule has 0 fully saturated rings. The Morgan fingerprint density at radius 3 is 1.83 bits per heavy atom. The summed E-state index contributed by atoms with van der Waals surface area (Å²) in [6.07, 6.45) is -4.41. The molecule has 1 heterocycles. The largest absolute Gasteiger partial charge is 0.418 e. The number of hydrogen-bond donors (Lipinski definition) is 0. The Hall–Kier alpha value is -0.990. The lowest BCUT2D eigenvalue weighted by molar-refractivity contribution is -0.384. The zero-order valence-corrected chi connectivity index (χ0v) is 14.7. The van der Waals surface area contributed by atoms with Gasteiger partial charge in [-0.05, 0) is 0 Å². The third-order valence-electron chi connectivity index (χ3n) is 2.84. The molecule has 0 aliphatic carbocycles. The summed E-state index contributed by atoms with van der Waals surface area (Å²) in [5.41, 5.74) is -3.10. The van der Waals surface area contributed by atoms with Crippen LogP contribution in [0.5, 0.6) is 0 Å². The van der Waals surface area contributed by atoms with Gasteiger partial charge < -0.3 is 0 Å². The van der Waals surface area contributed by atoms with E-state index in [-0.39, 0.29) is 30.7 Å². The Labute approximate surface area is 157 Å². The van der Waals surface area contributed by atoms with Crippen molar-refractivity contribution in [2.75, 3.05) is 0 Å². The van der Waals surface area contributed by atoms with Crippen molar-refractivity contribution in [3.63, 3.8) is 0 Å². The Morgan fingerprint density at radius 2 is 1.42 bits per heavy atom. The second kappa shape index (κ2) is 6.72. The molecular weight excluding hydrogens is 438 g/mol. The number of rotatable bonds is 2. The predicted molar refractivity (Wildman–Crippen MR) is 86.4 cm³/mol. The summed E-state index contributed by atoms with van der Waals surface area (Å²) in [6.45, 7) is 0. The molecule has 4 nitrogen and oxygen atoms in total. The first-order valence-corrected chi connectivity index (χ1v) is 7.59. The van der Waals surface area contributed by atoms with Crippen molar-refractivity contribution < 1.29 is 18.1 Å². The van der Waals surface area contributed by atoms with Crippen molar-refractivity contribution in [1.29, 1.82) is 0 Å². The summed E-state index contributed by atoms with van der Waals surface area (Å²) in [4.78, 5) is 13.6. The molecule has 0 saturated heterocycles. The molecule has 0 saturated carbocycles. The van der Waals surface area contributed by atoms with Crippen LogP contribution in [0, 0.1) is 10.1 Å². The number of alkyl halides is 3. The van der Waals surface area contributed by atoms with E-state index in [1.54, 1.807) is 0 Å². The van der Waals surface area contributed by atoms with E-state index in [0.29, 0.717) is 12.3 Å². The van der Waals surface area contributed by atoms with Gasteiger partial charge in [0, 0.05) is 17.8 Å². The van der Waals surface area contributed by atoms with E-state index in [4.69, 9.17) is 58.0 Å². The van der Waals surface area contributed by atoms with Crippen LogP contribution in [-0.4, -0.2) is 9.91 Å². The smallest absolute Gasteiger partial charge is 0.258 e. The number of benzene rings is 1. The van der Waals surface area contributed by atoms with Gasteiger partial charge in [0.2, 0.25) is 0 Å². The van der Waals surface area contributed by atoms with Crippen LogP contribution in [0.25, 0.3) is 11.3 Å². The molecule has 0 bridgehead atoms. The highest BCUT2D eigenvalue weighted by molar-refractivity contribution is 6.56. The van der Waals surface area contributed by atoms with Crippen molar-refractivity contribution in [3.8, 4) is 11.3 Å². The van der Waals surface area contributed by atoms with Crippen molar-refractivity contribution >= 4 is 63.7 Å². The Morgan fingerprint density at radius 1 is 0.958 bits per heavy atom. The summed E-state index contributed by atoms with van der Waals surface area (Å²) in [5.74, 6) is 0. The monoisotopic (exact) mass is 438 g/mol. The van der Waals surface area contributed by atoms with Gasteiger partial charge >= 0.3 is 6.18 Å². The minimum Gasteiger partial charge on any atom is -0.258 e. The molecule has 1 aromatic heterocycles. The van der Waals surface area contributed by atoms with Gasteiger partial charge in [-0.1, -0.05) is 58.0 Å². The molecule has 0 radical (unpaired) electrons. The second-order valence-electron chi connectivity index (χ2n) is 4.29. The summed E-state index contributed by atoms with van der Waals surface area (Å²) in [6, 6.07) is 0.311. The van der Waals surface area contributed by atoms with Gasteiger partial charge in [-0.3, -0.25) is 10.1 Å². The standard InChI is InChI=1S/C12H2Cl5F3N2O2/c13-6-5(7(14)9(16)10(17)8(6)15)11-4(22(23)24)1-3(2-21-11)12(18,19)20/h1-2H. The van der Waals surface area contributed by atoms with Crippen LogP contribution in [0.15, 0.2) is 12.3 Å². The summed E-state index contributed by atoms with van der Waals surface area (Å²) in [5, 5.41) is 9.77. The second-order valence-corrected chi connectivity index (χ2v) is 6.18. The van der Waals surface area contributed by atoms with Crippen LogP contribution >= 0.6 is 58.0 Å². The Bertz CT molecular complexity index is 829. The first-order chi connectivity index (χ1) is 11.0. The molecule has 24 heavy (non-hydrogen) atoms. The third kappa shape index (κ3) is 3.36. The number of nitro groups is 1. The quantitative estimate of drug-likeness (QED) is 0.220. The first-order valence-electron chi connectivity index (χ1n) is 5.70. The number of halogens is 8. The SMILES string of the molecule is O=[N+]([O-])c1cc(C(F)(F)F)cnc1-c1c(Cl)c(Cl)c(Cl)c(Cl)c1Cl. The van der Waals surface area contributed by atoms with Gasteiger partial charge in [0.1, 0.15) is 0 Å². The molecule has 0 unspecified atom stereocenters. The van der Waals surface area contributed by atoms with Crippen LogP contribution < -0.4 is 0 Å². The summed E-state index contributed by atoms with van der Waals surface area (Å²) >= 11 is 29.5. The minimum atomic E-state index is -4.82. The summed E-state index contributed by atoms with van der Waals surface area (Å²) in [7, 11) is 0. The summed E-state index contributed by atoms with van der Waals surface area (Å²) < 4.78 is 38.2. The van der Waals surface area contributed by atoms with Gasteiger partial charge in [0.25, 0.3) is 5.69 Å². The molecular formula is C12H2Cl5F3N2O2. The highest BCUT2D eigenvalue weighted by Crippen LogP contribution is 2.49. The van der Waals surface area contributed by atoms with Crippen molar-refractivity contribution in [2.45, 2.75) is 6.18 Å². The molecule has 0 amide bonds. The van der Waals surface area contributed by atoms with E-state index in [1.807, 2.05) is 0 Å². The predicted octanol–water partition coefficient (Wildman–Crippen LogP) is 6.94. The molecule has 1 aromatic carbocycles. The molecule has 0 aliphatic heterocycles. The van der Waals surface area contributed by atoms with Crippen LogP contribution in [0.3, 0.4) is 0 Å². The van der Waals surface area contributed by atoms with Gasteiger partial charge in [0.05, 0.1) is 35.6 Å². The highest BCUT2D eigenvalue weighted by Gasteiger charge is 2.35. The van der Waals surface area contributed by atoms with E-state index < -0.39 is 28.0 Å². The van der Waals surface area contributed by atoms with E-state index in [2.05, 4.69) is 4.98 Å². The average molecular weight is 440 g/mol. The Balaban J connectivity index is 2.86. The third-order valence-corrected chi connectivity index (χ3v) is 5.11. The van der Waals surface area contributed by atoms with Crippen LogP contribution in [0.1, 0.15) is 5.56 Å². The van der Waals surface area contributed by atoms with Crippen LogP contribution in [0.4, 0.5) is 18.9 Å². The lowest BCUT2D eigenvalue weighted by Crippen LogP contribution is -2.07. The lowest BCUT2D eigenvalue weighted by atomic mass is 10.1. The average Bonchev–Trinajstić information content (AvgIpc) is 2.50. The topological polar surface area (TPSA) is 56.0 Å². The fourth-order valence-corrected chi connectivity index (χ4v) is 3.07. The normalized spacial score (nSPS) is 11.7. The number of nitrogens with zero attached hydrogens (tertiary/aromatic N) is 2. The molecule has 12 heteroatoms. The molecule has 0 aliphatic rings. The molecule has 128 valence electrons. The van der Waals surface area contributed by atoms with Crippen LogP contribution in [-0.2, 0) is 6.18 Å². The molecule has 2 rings (SSSR count). The fourth-order valence-electron chi connectivity index (χ4n) is 1.75. The maximum Gasteiger partial charge on any atom is 0.418 e. The van der Waals surface area contributed by atoms with Gasteiger partial charge in [-0.2, -0.15) is 13.2 Å². The minimum absolute atomic E-state index is 0.202. The van der Waals surface area contributed by atoms with Gasteiger partial charge in [-0.25, -0.2) is 4.98 Å². The molecule has 0 atom stereocenters. The maximum atomic E-state index is 12.7. The lowest BCUT2D eigenvalue weighted by Gasteiger charge is -2.13. The Kier molecular flexibility index (Phi) is 5.42. The first kappa shape index (κ1) is 19.3. The van der Waals surface area contributed by atoms with E-state index >= 15 is 0 Å². The molecule has 2 aromatic rings. The van der Waals surface area contributed by atoms with E-state index in [0.717, 1.165) is 0 Å². The van der Waals surface area contributed by atoms with Crippen molar-refractivity contribution in [2.24, 2.45) is 0 Å².